The van der Waals surface area contributed by atoms with Gasteiger partial charge in [-0.2, -0.15) is 0 Å². The number of methoxy groups -OCH3 is 1. The van der Waals surface area contributed by atoms with E-state index in [1.807, 2.05) is 0 Å². The van der Waals surface area contributed by atoms with Gasteiger partial charge in [-0.25, -0.2) is 0 Å². The second kappa shape index (κ2) is 5.58. The lowest BCUT2D eigenvalue weighted by atomic mass is 10.1. The highest BCUT2D eigenvalue weighted by Gasteiger charge is 2.09. The van der Waals surface area contributed by atoms with Crippen LogP contribution in [-0.2, 0) is 13.0 Å². The maximum atomic E-state index is 9.60. The van der Waals surface area contributed by atoms with E-state index in [2.05, 4.69) is 0 Å². The zero-order chi connectivity index (χ0) is 11.3. The lowest BCUT2D eigenvalue weighted by Crippen LogP contribution is -1.95. The average molecular weight is 212 g/mol. The first kappa shape index (κ1) is 11.8. The second-order valence-electron chi connectivity index (χ2n) is 3.29. The molecule has 0 aromatic heterocycles. The third kappa shape index (κ3) is 2.84. The normalized spacial score (nSPS) is 10.3. The number of aliphatic hydroxyl groups is 2. The van der Waals surface area contributed by atoms with Crippen molar-refractivity contribution in [2.24, 2.45) is 0 Å². The lowest BCUT2D eigenvalue weighted by molar-refractivity contribution is 0.272. The van der Waals surface area contributed by atoms with Crippen LogP contribution in [0.3, 0.4) is 0 Å². The van der Waals surface area contributed by atoms with E-state index in [-0.39, 0.29) is 19.0 Å². The molecule has 0 aliphatic rings. The third-order valence-electron chi connectivity index (χ3n) is 2.23. The van der Waals surface area contributed by atoms with Gasteiger partial charge in [0, 0.05) is 12.2 Å². The molecule has 84 valence electrons. The summed E-state index contributed by atoms with van der Waals surface area (Å²) in [7, 11) is 1.46. The number of phenols is 1. The molecule has 0 aliphatic carbocycles. The van der Waals surface area contributed by atoms with E-state index in [0.717, 1.165) is 5.56 Å². The number of ether oxygens (including phenoxy) is 1. The Balaban J connectivity index is 2.98. The van der Waals surface area contributed by atoms with E-state index < -0.39 is 0 Å². The fourth-order valence-corrected chi connectivity index (χ4v) is 1.43. The fraction of sp³-hybridized carbons (Fsp3) is 0.455. The van der Waals surface area contributed by atoms with Gasteiger partial charge in [0.15, 0.2) is 11.5 Å². The summed E-state index contributed by atoms with van der Waals surface area (Å²) in [6.45, 7) is -0.104. The highest BCUT2D eigenvalue weighted by molar-refractivity contribution is 5.48. The molecule has 4 heteroatoms. The summed E-state index contributed by atoms with van der Waals surface area (Å²) in [5, 5.41) is 27.3. The minimum Gasteiger partial charge on any atom is -0.504 e. The van der Waals surface area contributed by atoms with Crippen LogP contribution in [0.4, 0.5) is 0 Å². The maximum Gasteiger partial charge on any atom is 0.163 e. The Bertz CT molecular complexity index is 297. The molecule has 0 saturated heterocycles. The first-order valence-corrected chi connectivity index (χ1v) is 4.83. The van der Waals surface area contributed by atoms with Gasteiger partial charge >= 0.3 is 0 Å². The maximum absolute atomic E-state index is 9.60. The molecule has 4 nitrogen and oxygen atoms in total. The summed E-state index contributed by atoms with van der Waals surface area (Å²) < 4.78 is 4.98. The number of rotatable bonds is 5. The van der Waals surface area contributed by atoms with E-state index in [0.29, 0.717) is 24.2 Å². The number of benzene rings is 1. The number of aliphatic hydroxyl groups excluding tert-OH is 2. The van der Waals surface area contributed by atoms with Crippen LogP contribution in [0.25, 0.3) is 0 Å². The molecule has 15 heavy (non-hydrogen) atoms. The van der Waals surface area contributed by atoms with Gasteiger partial charge in [-0.1, -0.05) is 0 Å². The molecule has 0 unspecified atom stereocenters. The molecule has 0 saturated carbocycles. The molecule has 0 aliphatic heterocycles. The van der Waals surface area contributed by atoms with Crippen LogP contribution in [0.15, 0.2) is 12.1 Å². The van der Waals surface area contributed by atoms with Crippen molar-refractivity contribution in [3.8, 4) is 11.5 Å². The molecule has 0 amide bonds. The summed E-state index contributed by atoms with van der Waals surface area (Å²) in [6.07, 6.45) is 1.35. The number of hydrogen-bond donors (Lipinski definition) is 3. The van der Waals surface area contributed by atoms with Crippen molar-refractivity contribution in [3.05, 3.63) is 23.3 Å². The molecule has 1 aromatic carbocycles. The SMILES string of the molecule is COc1cc(CCCO)cc(CO)c1O. The van der Waals surface area contributed by atoms with Crippen LogP contribution in [0.1, 0.15) is 17.5 Å². The van der Waals surface area contributed by atoms with E-state index in [9.17, 15) is 5.11 Å². The highest BCUT2D eigenvalue weighted by Crippen LogP contribution is 2.31. The molecular formula is C11H16O4. The van der Waals surface area contributed by atoms with Crippen LogP contribution < -0.4 is 4.74 Å². The topological polar surface area (TPSA) is 69.9 Å². The van der Waals surface area contributed by atoms with Gasteiger partial charge in [0.2, 0.25) is 0 Å². The predicted molar refractivity (Wildman–Crippen MR) is 56.0 cm³/mol. The molecule has 0 atom stereocenters. The molecule has 3 N–H and O–H groups in total. The lowest BCUT2D eigenvalue weighted by Gasteiger charge is -2.10. The standard InChI is InChI=1S/C11H16O4/c1-15-10-6-8(3-2-4-12)5-9(7-13)11(10)14/h5-6,12-14H,2-4,7H2,1H3. The van der Waals surface area contributed by atoms with Crippen molar-refractivity contribution in [1.82, 2.24) is 0 Å². The summed E-state index contributed by atoms with van der Waals surface area (Å²) in [6, 6.07) is 3.43. The van der Waals surface area contributed by atoms with Gasteiger partial charge in [0.1, 0.15) is 0 Å². The highest BCUT2D eigenvalue weighted by atomic mass is 16.5. The van der Waals surface area contributed by atoms with Crippen molar-refractivity contribution in [3.63, 3.8) is 0 Å². The fourth-order valence-electron chi connectivity index (χ4n) is 1.43. The van der Waals surface area contributed by atoms with E-state index in [1.165, 1.54) is 7.11 Å². The molecule has 0 radical (unpaired) electrons. The minimum atomic E-state index is -0.227. The quantitative estimate of drug-likeness (QED) is 0.675. The zero-order valence-electron chi connectivity index (χ0n) is 8.73. The van der Waals surface area contributed by atoms with Crippen molar-refractivity contribution in [2.75, 3.05) is 13.7 Å². The Morgan fingerprint density at radius 3 is 2.53 bits per heavy atom. The van der Waals surface area contributed by atoms with Gasteiger partial charge in [0.05, 0.1) is 13.7 Å². The molecule has 0 heterocycles. The average Bonchev–Trinajstić information content (AvgIpc) is 2.27. The second-order valence-corrected chi connectivity index (χ2v) is 3.29. The first-order chi connectivity index (χ1) is 7.22. The van der Waals surface area contributed by atoms with Crippen LogP contribution >= 0.6 is 0 Å². The third-order valence-corrected chi connectivity index (χ3v) is 2.23. The van der Waals surface area contributed by atoms with Crippen molar-refractivity contribution in [2.45, 2.75) is 19.4 Å². The van der Waals surface area contributed by atoms with Crippen LogP contribution in [0.5, 0.6) is 11.5 Å². The molecule has 1 aromatic rings. The Morgan fingerprint density at radius 2 is 2.00 bits per heavy atom. The van der Waals surface area contributed by atoms with E-state index in [1.54, 1.807) is 12.1 Å². The zero-order valence-corrected chi connectivity index (χ0v) is 8.73. The minimum absolute atomic E-state index is 0.0206. The Hall–Kier alpha value is -1.26. The Morgan fingerprint density at radius 1 is 1.27 bits per heavy atom. The summed E-state index contributed by atoms with van der Waals surface area (Å²) >= 11 is 0. The van der Waals surface area contributed by atoms with Crippen LogP contribution in [0, 0.1) is 0 Å². The monoisotopic (exact) mass is 212 g/mol. The molecule has 0 bridgehead atoms. The summed E-state index contributed by atoms with van der Waals surface area (Å²) in [4.78, 5) is 0. The number of hydrogen-bond acceptors (Lipinski definition) is 4. The molecule has 0 spiro atoms. The molecular weight excluding hydrogens is 196 g/mol. The number of aryl methyl sites for hydroxylation is 1. The molecule has 0 fully saturated rings. The Labute approximate surface area is 88.8 Å². The van der Waals surface area contributed by atoms with Crippen molar-refractivity contribution in [1.29, 1.82) is 0 Å². The number of aromatic hydroxyl groups is 1. The van der Waals surface area contributed by atoms with Crippen molar-refractivity contribution < 1.29 is 20.1 Å². The predicted octanol–water partition coefficient (Wildman–Crippen LogP) is 0.818. The largest absolute Gasteiger partial charge is 0.504 e. The van der Waals surface area contributed by atoms with Crippen LogP contribution in [0.2, 0.25) is 0 Å². The van der Waals surface area contributed by atoms with Crippen molar-refractivity contribution >= 4 is 0 Å². The summed E-state index contributed by atoms with van der Waals surface area (Å²) in [5.74, 6) is 0.335. The van der Waals surface area contributed by atoms with Crippen LogP contribution in [-0.4, -0.2) is 29.0 Å². The van der Waals surface area contributed by atoms with Gasteiger partial charge in [-0.3, -0.25) is 0 Å². The van der Waals surface area contributed by atoms with Gasteiger partial charge in [0.25, 0.3) is 0 Å². The smallest absolute Gasteiger partial charge is 0.163 e. The Kier molecular flexibility index (Phi) is 4.39. The van der Waals surface area contributed by atoms with Gasteiger partial charge in [-0.05, 0) is 30.5 Å². The first-order valence-electron chi connectivity index (χ1n) is 4.83. The van der Waals surface area contributed by atoms with E-state index >= 15 is 0 Å². The molecule has 1 rings (SSSR count). The van der Waals surface area contributed by atoms with Gasteiger partial charge in [-0.15, -0.1) is 0 Å². The van der Waals surface area contributed by atoms with Gasteiger partial charge < -0.3 is 20.1 Å². The van der Waals surface area contributed by atoms with E-state index in [4.69, 9.17) is 14.9 Å². The summed E-state index contributed by atoms with van der Waals surface area (Å²) in [5.41, 5.74) is 1.38.